The first kappa shape index (κ1) is 21.0. The number of ether oxygens (including phenoxy) is 1. The Hall–Kier alpha value is -1.72. The molecule has 1 aliphatic carbocycles. The molecule has 2 fully saturated rings. The van der Waals surface area contributed by atoms with Crippen molar-refractivity contribution in [2.24, 2.45) is 5.92 Å². The fourth-order valence-corrected chi connectivity index (χ4v) is 4.33. The lowest BCUT2D eigenvalue weighted by Crippen LogP contribution is -2.41. The van der Waals surface area contributed by atoms with Gasteiger partial charge in [0.25, 0.3) is 0 Å². The average Bonchev–Trinajstić information content (AvgIpc) is 2.56. The van der Waals surface area contributed by atoms with Gasteiger partial charge in [-0.05, 0) is 87.5 Å². The maximum Gasteiger partial charge on any atom is 0.416 e. The summed E-state index contributed by atoms with van der Waals surface area (Å²) in [5.41, 5.74) is 0.810. The van der Waals surface area contributed by atoms with E-state index >= 15 is 0 Å². The number of benzene rings is 1. The first-order valence-electron chi connectivity index (χ1n) is 10.1. The summed E-state index contributed by atoms with van der Waals surface area (Å²) >= 11 is 0. The molecule has 156 valence electrons. The maximum atomic E-state index is 13.2. The van der Waals surface area contributed by atoms with Gasteiger partial charge < -0.3 is 9.64 Å². The highest BCUT2D eigenvalue weighted by molar-refractivity contribution is 5.68. The zero-order valence-corrected chi connectivity index (χ0v) is 17.1. The highest BCUT2D eigenvalue weighted by Gasteiger charge is 2.36. The Kier molecular flexibility index (Phi) is 5.70. The summed E-state index contributed by atoms with van der Waals surface area (Å²) in [4.78, 5) is 14.0. The SMILES string of the molecule is CC1CC(c2cc(C(F)(F)F)ccc2C2CCN(C(=O)OC(C)(C)C)CC2)C1. The minimum Gasteiger partial charge on any atom is -0.444 e. The number of likely N-dealkylation sites (tertiary alicyclic amines) is 1. The van der Waals surface area contributed by atoms with E-state index in [-0.39, 0.29) is 17.9 Å². The normalized spacial score (nSPS) is 24.0. The van der Waals surface area contributed by atoms with Crippen molar-refractivity contribution < 1.29 is 22.7 Å². The fraction of sp³-hybridized carbons (Fsp3) is 0.682. The minimum absolute atomic E-state index is 0.187. The summed E-state index contributed by atoms with van der Waals surface area (Å²) in [5, 5.41) is 0. The number of hydrogen-bond donors (Lipinski definition) is 0. The van der Waals surface area contributed by atoms with Gasteiger partial charge >= 0.3 is 12.3 Å². The molecule has 3 nitrogen and oxygen atoms in total. The van der Waals surface area contributed by atoms with E-state index in [9.17, 15) is 18.0 Å². The molecular weight excluding hydrogens is 367 g/mol. The molecule has 1 amide bonds. The second kappa shape index (κ2) is 7.60. The number of amides is 1. The predicted molar refractivity (Wildman–Crippen MR) is 102 cm³/mol. The fourth-order valence-electron chi connectivity index (χ4n) is 4.33. The smallest absolute Gasteiger partial charge is 0.416 e. The van der Waals surface area contributed by atoms with Crippen molar-refractivity contribution in [3.63, 3.8) is 0 Å². The Bertz CT molecular complexity index is 709. The Morgan fingerprint density at radius 2 is 1.64 bits per heavy atom. The van der Waals surface area contributed by atoms with Gasteiger partial charge in [-0.3, -0.25) is 0 Å². The summed E-state index contributed by atoms with van der Waals surface area (Å²) in [6.07, 6.45) is -1.23. The molecule has 0 radical (unpaired) electrons. The molecule has 0 atom stereocenters. The molecule has 1 saturated heterocycles. The second-order valence-corrected chi connectivity index (χ2v) is 9.36. The molecule has 1 aromatic rings. The van der Waals surface area contributed by atoms with Gasteiger partial charge in [0.05, 0.1) is 5.56 Å². The van der Waals surface area contributed by atoms with Crippen LogP contribution in [-0.4, -0.2) is 29.7 Å². The lowest BCUT2D eigenvalue weighted by molar-refractivity contribution is -0.137. The number of piperidine rings is 1. The number of carbonyl (C=O) groups excluding carboxylic acids is 1. The van der Waals surface area contributed by atoms with Crippen LogP contribution in [0.1, 0.15) is 81.9 Å². The topological polar surface area (TPSA) is 29.5 Å². The van der Waals surface area contributed by atoms with Gasteiger partial charge in [0.2, 0.25) is 0 Å². The van der Waals surface area contributed by atoms with Gasteiger partial charge in [-0.2, -0.15) is 13.2 Å². The van der Waals surface area contributed by atoms with Crippen molar-refractivity contribution in [2.75, 3.05) is 13.1 Å². The Morgan fingerprint density at radius 1 is 1.04 bits per heavy atom. The Morgan fingerprint density at radius 3 is 2.14 bits per heavy atom. The molecular formula is C22H30F3NO2. The third-order valence-corrected chi connectivity index (χ3v) is 5.81. The van der Waals surface area contributed by atoms with Crippen LogP contribution in [-0.2, 0) is 10.9 Å². The van der Waals surface area contributed by atoms with E-state index < -0.39 is 17.3 Å². The van der Waals surface area contributed by atoms with Crippen molar-refractivity contribution in [3.05, 3.63) is 34.9 Å². The van der Waals surface area contributed by atoms with Gasteiger partial charge in [-0.1, -0.05) is 13.0 Å². The van der Waals surface area contributed by atoms with Crippen molar-refractivity contribution in [3.8, 4) is 0 Å². The number of halogens is 3. The molecule has 0 N–H and O–H groups in total. The molecule has 3 rings (SSSR count). The van der Waals surface area contributed by atoms with Crippen molar-refractivity contribution in [1.29, 1.82) is 0 Å². The molecule has 28 heavy (non-hydrogen) atoms. The first-order valence-corrected chi connectivity index (χ1v) is 10.1. The zero-order valence-electron chi connectivity index (χ0n) is 17.1. The van der Waals surface area contributed by atoms with E-state index in [4.69, 9.17) is 4.74 Å². The summed E-state index contributed by atoms with van der Waals surface area (Å²) in [5.74, 6) is 0.976. The summed E-state index contributed by atoms with van der Waals surface area (Å²) in [7, 11) is 0. The molecule has 1 aliphatic heterocycles. The van der Waals surface area contributed by atoms with Gasteiger partial charge in [0, 0.05) is 13.1 Å². The van der Waals surface area contributed by atoms with Crippen LogP contribution in [0.4, 0.5) is 18.0 Å². The van der Waals surface area contributed by atoms with Crippen molar-refractivity contribution >= 4 is 6.09 Å². The zero-order chi connectivity index (χ0) is 20.7. The van der Waals surface area contributed by atoms with Crippen LogP contribution in [0.3, 0.4) is 0 Å². The third kappa shape index (κ3) is 4.81. The maximum absolute atomic E-state index is 13.2. The van der Waals surface area contributed by atoms with E-state index in [0.717, 1.165) is 36.8 Å². The lowest BCUT2D eigenvalue weighted by atomic mass is 9.69. The van der Waals surface area contributed by atoms with E-state index in [2.05, 4.69) is 6.92 Å². The standard InChI is InChI=1S/C22H30F3NO2/c1-14-11-16(12-14)19-13-17(22(23,24)25)5-6-18(19)15-7-9-26(10-8-15)20(27)28-21(2,3)4/h5-6,13-16H,7-12H2,1-4H3. The van der Waals surface area contributed by atoms with Gasteiger partial charge in [-0.25, -0.2) is 4.79 Å². The van der Waals surface area contributed by atoms with E-state index in [1.54, 1.807) is 11.0 Å². The second-order valence-electron chi connectivity index (χ2n) is 9.36. The van der Waals surface area contributed by atoms with Gasteiger partial charge in [0.15, 0.2) is 0 Å². The van der Waals surface area contributed by atoms with Crippen LogP contribution in [0.25, 0.3) is 0 Å². The number of alkyl halides is 3. The molecule has 0 unspecified atom stereocenters. The highest BCUT2D eigenvalue weighted by atomic mass is 19.4. The highest BCUT2D eigenvalue weighted by Crippen LogP contribution is 2.46. The monoisotopic (exact) mass is 397 g/mol. The van der Waals surface area contributed by atoms with E-state index in [1.807, 2.05) is 20.8 Å². The van der Waals surface area contributed by atoms with E-state index in [0.29, 0.717) is 19.0 Å². The van der Waals surface area contributed by atoms with Crippen LogP contribution < -0.4 is 0 Å². The minimum atomic E-state index is -4.32. The van der Waals surface area contributed by atoms with Crippen LogP contribution in [0.15, 0.2) is 18.2 Å². The first-order chi connectivity index (χ1) is 12.9. The van der Waals surface area contributed by atoms with Crippen LogP contribution >= 0.6 is 0 Å². The van der Waals surface area contributed by atoms with Gasteiger partial charge in [-0.15, -0.1) is 0 Å². The lowest BCUT2D eigenvalue weighted by Gasteiger charge is -2.38. The molecule has 0 spiro atoms. The van der Waals surface area contributed by atoms with E-state index in [1.165, 1.54) is 12.1 Å². The largest absolute Gasteiger partial charge is 0.444 e. The summed E-state index contributed by atoms with van der Waals surface area (Å²) in [6, 6.07) is 4.25. The Labute approximate surface area is 165 Å². The molecule has 6 heteroatoms. The molecule has 0 aromatic heterocycles. The quantitative estimate of drug-likeness (QED) is 0.583. The molecule has 1 saturated carbocycles. The molecule has 2 aliphatic rings. The number of nitrogens with zero attached hydrogens (tertiary/aromatic N) is 1. The molecule has 1 aromatic carbocycles. The van der Waals surface area contributed by atoms with Crippen LogP contribution in [0.2, 0.25) is 0 Å². The number of rotatable bonds is 2. The van der Waals surface area contributed by atoms with Crippen molar-refractivity contribution in [2.45, 2.75) is 77.0 Å². The number of carbonyl (C=O) groups is 1. The van der Waals surface area contributed by atoms with Gasteiger partial charge in [0.1, 0.15) is 5.60 Å². The average molecular weight is 397 g/mol. The Balaban J connectivity index is 1.74. The summed E-state index contributed by atoms with van der Waals surface area (Å²) < 4.78 is 45.1. The summed E-state index contributed by atoms with van der Waals surface area (Å²) in [6.45, 7) is 8.80. The number of hydrogen-bond acceptors (Lipinski definition) is 2. The van der Waals surface area contributed by atoms with Crippen molar-refractivity contribution in [1.82, 2.24) is 4.90 Å². The van der Waals surface area contributed by atoms with Crippen LogP contribution in [0.5, 0.6) is 0 Å². The predicted octanol–water partition coefficient (Wildman–Crippen LogP) is 6.33. The third-order valence-electron chi connectivity index (χ3n) is 5.81. The molecule has 1 heterocycles. The molecule has 0 bridgehead atoms. The van der Waals surface area contributed by atoms with Crippen LogP contribution in [0, 0.1) is 5.92 Å².